The summed E-state index contributed by atoms with van der Waals surface area (Å²) in [5.74, 6) is 0. The minimum absolute atomic E-state index is 0.173. The highest BCUT2D eigenvalue weighted by Crippen LogP contribution is 2.30. The second-order valence-corrected chi connectivity index (χ2v) is 7.52. The topological polar surface area (TPSA) is 32.8 Å². The van der Waals surface area contributed by atoms with E-state index in [0.717, 1.165) is 38.8 Å². The molecule has 1 aromatic carbocycles. The molecule has 1 atom stereocenters. The molecule has 4 nitrogen and oxygen atoms in total. The highest BCUT2D eigenvalue weighted by Gasteiger charge is 2.31. The Balaban J connectivity index is 1.57. The maximum atomic E-state index is 12.1. The van der Waals surface area contributed by atoms with Crippen molar-refractivity contribution in [1.82, 2.24) is 9.80 Å². The van der Waals surface area contributed by atoms with Crippen molar-refractivity contribution in [2.45, 2.75) is 57.5 Å². The number of nitrogens with zero attached hydrogens (tertiary/aromatic N) is 2. The Kier molecular flexibility index (Phi) is 6.73. The zero-order valence-corrected chi connectivity index (χ0v) is 16.2. The summed E-state index contributed by atoms with van der Waals surface area (Å²) in [4.78, 5) is 16.5. The summed E-state index contributed by atoms with van der Waals surface area (Å²) in [6.45, 7) is 4.62. The highest BCUT2D eigenvalue weighted by molar-refractivity contribution is 5.67. The van der Waals surface area contributed by atoms with Gasteiger partial charge in [0.05, 0.1) is 6.61 Å². The number of rotatable bonds is 7. The Bertz CT molecular complexity index is 606. The Labute approximate surface area is 157 Å². The first-order valence-corrected chi connectivity index (χ1v) is 10.1. The van der Waals surface area contributed by atoms with Crippen LogP contribution in [0.2, 0.25) is 0 Å². The average molecular weight is 357 g/mol. The predicted molar refractivity (Wildman–Crippen MR) is 105 cm³/mol. The van der Waals surface area contributed by atoms with Crippen LogP contribution in [-0.4, -0.2) is 54.7 Å². The lowest BCUT2D eigenvalue weighted by molar-refractivity contribution is 0.0704. The molecule has 142 valence electrons. The van der Waals surface area contributed by atoms with Crippen molar-refractivity contribution in [3.8, 4) is 0 Å². The largest absolute Gasteiger partial charge is 0.449 e. The fourth-order valence-electron chi connectivity index (χ4n) is 3.97. The lowest BCUT2D eigenvalue weighted by Gasteiger charge is -2.42. The lowest BCUT2D eigenvalue weighted by atomic mass is 9.86. The minimum Gasteiger partial charge on any atom is -0.449 e. The number of carbonyl (C=O) groups excluding carboxylic acids is 1. The Morgan fingerprint density at radius 1 is 1.27 bits per heavy atom. The van der Waals surface area contributed by atoms with Crippen LogP contribution in [0, 0.1) is 0 Å². The molecule has 1 amide bonds. The normalized spacial score (nSPS) is 19.4. The molecule has 2 aliphatic rings. The molecule has 0 aromatic heterocycles. The van der Waals surface area contributed by atoms with Crippen molar-refractivity contribution < 1.29 is 9.53 Å². The summed E-state index contributed by atoms with van der Waals surface area (Å²) >= 11 is 0. The van der Waals surface area contributed by atoms with Gasteiger partial charge in [0.1, 0.15) is 0 Å². The molecule has 1 fully saturated rings. The molecule has 1 aliphatic carbocycles. The van der Waals surface area contributed by atoms with E-state index in [1.54, 1.807) is 5.57 Å². The van der Waals surface area contributed by atoms with Crippen molar-refractivity contribution in [3.05, 3.63) is 47.5 Å². The van der Waals surface area contributed by atoms with E-state index in [9.17, 15) is 4.79 Å². The molecule has 1 aliphatic heterocycles. The average Bonchev–Trinajstić information content (AvgIpc) is 2.64. The predicted octanol–water partition coefficient (Wildman–Crippen LogP) is 4.26. The van der Waals surface area contributed by atoms with Gasteiger partial charge in [-0.1, -0.05) is 48.9 Å². The Hall–Kier alpha value is -1.81. The van der Waals surface area contributed by atoms with Gasteiger partial charge in [0, 0.05) is 32.2 Å². The zero-order chi connectivity index (χ0) is 18.4. The molecule has 4 heteroatoms. The summed E-state index contributed by atoms with van der Waals surface area (Å²) in [6.07, 6.45) is 8.71. The zero-order valence-electron chi connectivity index (χ0n) is 16.2. The second-order valence-electron chi connectivity index (χ2n) is 7.52. The summed E-state index contributed by atoms with van der Waals surface area (Å²) < 4.78 is 5.29. The molecule has 3 rings (SSSR count). The first kappa shape index (κ1) is 19.0. The second kappa shape index (κ2) is 9.22. The minimum atomic E-state index is -0.173. The molecular weight excluding hydrogens is 324 g/mol. The third-order valence-electron chi connectivity index (χ3n) is 5.74. The molecule has 1 unspecified atom stereocenters. The van der Waals surface area contributed by atoms with E-state index >= 15 is 0 Å². The lowest BCUT2D eigenvalue weighted by Crippen LogP contribution is -2.50. The summed E-state index contributed by atoms with van der Waals surface area (Å²) in [6, 6.07) is 11.6. The summed E-state index contributed by atoms with van der Waals surface area (Å²) in [5, 5.41) is 0. The number of allylic oxidation sites excluding steroid dienone is 1. The standard InChI is InChI=1S/C22H32N2O2/c1-3-16-26-22(25)23(2)20-12-14-24(15-13-20)21(19-10-7-11-19)17-18-8-5-4-6-9-18/h4-6,8-10,20-21H,3,7,11-17H2,1-2H3. The van der Waals surface area contributed by atoms with E-state index < -0.39 is 0 Å². The van der Waals surface area contributed by atoms with Crippen LogP contribution in [0.3, 0.4) is 0 Å². The van der Waals surface area contributed by atoms with Gasteiger partial charge in [-0.2, -0.15) is 0 Å². The fourth-order valence-corrected chi connectivity index (χ4v) is 3.97. The van der Waals surface area contributed by atoms with E-state index in [1.807, 2.05) is 18.9 Å². The van der Waals surface area contributed by atoms with Crippen LogP contribution in [0.1, 0.15) is 44.6 Å². The van der Waals surface area contributed by atoms with Gasteiger partial charge in [-0.15, -0.1) is 0 Å². The summed E-state index contributed by atoms with van der Waals surface area (Å²) in [5.41, 5.74) is 3.01. The van der Waals surface area contributed by atoms with Gasteiger partial charge < -0.3 is 9.64 Å². The van der Waals surface area contributed by atoms with E-state index in [0.29, 0.717) is 18.7 Å². The van der Waals surface area contributed by atoms with Crippen LogP contribution in [0.5, 0.6) is 0 Å². The van der Waals surface area contributed by atoms with Gasteiger partial charge in [0.25, 0.3) is 0 Å². The van der Waals surface area contributed by atoms with Crippen LogP contribution in [0.15, 0.2) is 42.0 Å². The van der Waals surface area contributed by atoms with E-state index in [2.05, 4.69) is 41.3 Å². The van der Waals surface area contributed by atoms with Gasteiger partial charge in [0.15, 0.2) is 0 Å². The van der Waals surface area contributed by atoms with Crippen LogP contribution in [-0.2, 0) is 11.2 Å². The maximum Gasteiger partial charge on any atom is 0.409 e. The van der Waals surface area contributed by atoms with Gasteiger partial charge >= 0.3 is 6.09 Å². The van der Waals surface area contributed by atoms with E-state index in [-0.39, 0.29) is 6.09 Å². The Morgan fingerprint density at radius 3 is 2.54 bits per heavy atom. The molecule has 0 N–H and O–H groups in total. The number of hydrogen-bond acceptors (Lipinski definition) is 3. The monoisotopic (exact) mass is 356 g/mol. The van der Waals surface area contributed by atoms with Gasteiger partial charge in [-0.05, 0) is 44.1 Å². The number of benzene rings is 1. The molecule has 1 heterocycles. The molecular formula is C22H32N2O2. The molecule has 0 bridgehead atoms. The number of hydrogen-bond donors (Lipinski definition) is 0. The van der Waals surface area contributed by atoms with Crippen molar-refractivity contribution in [2.75, 3.05) is 26.7 Å². The van der Waals surface area contributed by atoms with Crippen molar-refractivity contribution in [3.63, 3.8) is 0 Å². The molecule has 1 saturated heterocycles. The first-order chi connectivity index (χ1) is 12.7. The van der Waals surface area contributed by atoms with Gasteiger partial charge in [0.2, 0.25) is 0 Å². The molecule has 0 radical (unpaired) electrons. The fraction of sp³-hybridized carbons (Fsp3) is 0.591. The third kappa shape index (κ3) is 4.67. The smallest absolute Gasteiger partial charge is 0.409 e. The maximum absolute atomic E-state index is 12.1. The van der Waals surface area contributed by atoms with Crippen LogP contribution in [0.25, 0.3) is 0 Å². The van der Waals surface area contributed by atoms with Crippen LogP contribution >= 0.6 is 0 Å². The van der Waals surface area contributed by atoms with Crippen LogP contribution < -0.4 is 0 Å². The Morgan fingerprint density at radius 2 is 1.96 bits per heavy atom. The molecule has 0 saturated carbocycles. The number of amides is 1. The van der Waals surface area contributed by atoms with Crippen molar-refractivity contribution in [1.29, 1.82) is 0 Å². The quantitative estimate of drug-likeness (QED) is 0.684. The third-order valence-corrected chi connectivity index (χ3v) is 5.74. The van der Waals surface area contributed by atoms with E-state index in [4.69, 9.17) is 4.74 Å². The first-order valence-electron chi connectivity index (χ1n) is 10.1. The number of ether oxygens (including phenoxy) is 1. The molecule has 0 spiro atoms. The molecule has 26 heavy (non-hydrogen) atoms. The van der Waals surface area contributed by atoms with E-state index in [1.165, 1.54) is 18.4 Å². The van der Waals surface area contributed by atoms with Crippen molar-refractivity contribution >= 4 is 6.09 Å². The number of likely N-dealkylation sites (tertiary alicyclic amines) is 1. The summed E-state index contributed by atoms with van der Waals surface area (Å²) in [7, 11) is 1.88. The van der Waals surface area contributed by atoms with Gasteiger partial charge in [-0.25, -0.2) is 4.79 Å². The molecule has 1 aromatic rings. The highest BCUT2D eigenvalue weighted by atomic mass is 16.6. The van der Waals surface area contributed by atoms with Crippen molar-refractivity contribution in [2.24, 2.45) is 0 Å². The van der Waals surface area contributed by atoms with Crippen LogP contribution in [0.4, 0.5) is 4.79 Å². The number of piperidine rings is 1. The number of carbonyl (C=O) groups is 1. The van der Waals surface area contributed by atoms with Gasteiger partial charge in [-0.3, -0.25) is 4.90 Å². The SMILES string of the molecule is CCCOC(=O)N(C)C1CCN(C(Cc2ccccc2)C2=CCC2)CC1.